The maximum atomic E-state index is 12.7. The number of carbonyl (C=O) groups is 1. The number of anilines is 1. The van der Waals surface area contributed by atoms with E-state index in [1.165, 1.54) is 12.1 Å². The standard InChI is InChI=1S/C19H19N3O3/c1-13(2)11-21-12-17(16-8-3-4-9-18(16)21)19(23)20-14-6-5-7-15(10-14)22(24)25/h3-10,12-13H,11H2,1-2H3,(H,20,23). The van der Waals surface area contributed by atoms with Gasteiger partial charge in [0, 0.05) is 41.5 Å². The molecule has 1 amide bonds. The van der Waals surface area contributed by atoms with E-state index in [1.807, 2.05) is 30.5 Å². The number of hydrogen-bond donors (Lipinski definition) is 1. The summed E-state index contributed by atoms with van der Waals surface area (Å²) in [5.74, 6) is 0.169. The summed E-state index contributed by atoms with van der Waals surface area (Å²) in [6.45, 7) is 5.06. The van der Waals surface area contributed by atoms with Crippen LogP contribution in [0.3, 0.4) is 0 Å². The number of carbonyl (C=O) groups excluding carboxylic acids is 1. The topological polar surface area (TPSA) is 77.2 Å². The molecular formula is C19H19N3O3. The molecule has 0 saturated heterocycles. The molecule has 0 saturated carbocycles. The molecule has 1 N–H and O–H groups in total. The van der Waals surface area contributed by atoms with Gasteiger partial charge in [-0.1, -0.05) is 38.1 Å². The summed E-state index contributed by atoms with van der Waals surface area (Å²) in [4.78, 5) is 23.1. The third-order valence-corrected chi connectivity index (χ3v) is 3.91. The lowest BCUT2D eigenvalue weighted by molar-refractivity contribution is -0.384. The van der Waals surface area contributed by atoms with Crippen molar-refractivity contribution in [2.45, 2.75) is 20.4 Å². The number of para-hydroxylation sites is 1. The van der Waals surface area contributed by atoms with E-state index in [0.717, 1.165) is 17.4 Å². The Hall–Kier alpha value is -3.15. The van der Waals surface area contributed by atoms with Gasteiger partial charge >= 0.3 is 0 Å². The Kier molecular flexibility index (Phi) is 4.52. The van der Waals surface area contributed by atoms with Gasteiger partial charge in [0.05, 0.1) is 10.5 Å². The first-order valence-corrected chi connectivity index (χ1v) is 8.09. The number of nitrogens with zero attached hydrogens (tertiary/aromatic N) is 2. The normalized spacial score (nSPS) is 11.0. The second-order valence-corrected chi connectivity index (χ2v) is 6.37. The monoisotopic (exact) mass is 337 g/mol. The molecule has 0 spiro atoms. The Labute approximate surface area is 145 Å². The molecule has 3 aromatic rings. The van der Waals surface area contributed by atoms with Crippen LogP contribution < -0.4 is 5.32 Å². The van der Waals surface area contributed by atoms with Gasteiger partial charge in [0.25, 0.3) is 11.6 Å². The van der Waals surface area contributed by atoms with Crippen LogP contribution in [0.2, 0.25) is 0 Å². The van der Waals surface area contributed by atoms with E-state index in [-0.39, 0.29) is 11.6 Å². The number of aromatic nitrogens is 1. The minimum absolute atomic E-state index is 0.0555. The lowest BCUT2D eigenvalue weighted by Crippen LogP contribution is -2.12. The van der Waals surface area contributed by atoms with Crippen LogP contribution in [0.25, 0.3) is 10.9 Å². The molecule has 0 atom stereocenters. The number of nitro groups is 1. The molecule has 0 unspecified atom stereocenters. The average Bonchev–Trinajstić information content (AvgIpc) is 2.93. The van der Waals surface area contributed by atoms with Crippen molar-refractivity contribution in [2.75, 3.05) is 5.32 Å². The Bertz CT molecular complexity index is 944. The Balaban J connectivity index is 1.95. The maximum Gasteiger partial charge on any atom is 0.271 e. The summed E-state index contributed by atoms with van der Waals surface area (Å²) in [6.07, 6.45) is 1.84. The predicted molar refractivity (Wildman–Crippen MR) is 97.8 cm³/mol. The third-order valence-electron chi connectivity index (χ3n) is 3.91. The Morgan fingerprint density at radius 3 is 2.68 bits per heavy atom. The van der Waals surface area contributed by atoms with Crippen LogP contribution >= 0.6 is 0 Å². The molecule has 6 heteroatoms. The van der Waals surface area contributed by atoms with E-state index in [2.05, 4.69) is 23.7 Å². The number of fused-ring (bicyclic) bond motifs is 1. The lowest BCUT2D eigenvalue weighted by atomic mass is 10.1. The molecule has 0 aliphatic carbocycles. The van der Waals surface area contributed by atoms with Crippen LogP contribution in [0.15, 0.2) is 54.7 Å². The summed E-state index contributed by atoms with van der Waals surface area (Å²) in [5.41, 5.74) is 1.91. The molecule has 0 radical (unpaired) electrons. The Morgan fingerprint density at radius 1 is 1.20 bits per heavy atom. The number of nitro benzene ring substituents is 1. The van der Waals surface area contributed by atoms with Gasteiger partial charge < -0.3 is 9.88 Å². The smallest absolute Gasteiger partial charge is 0.271 e. The number of non-ortho nitro benzene ring substituents is 1. The summed E-state index contributed by atoms with van der Waals surface area (Å²) >= 11 is 0. The fraction of sp³-hybridized carbons (Fsp3) is 0.211. The van der Waals surface area contributed by atoms with Crippen LogP contribution in [-0.2, 0) is 6.54 Å². The van der Waals surface area contributed by atoms with Crippen LogP contribution in [0.1, 0.15) is 24.2 Å². The first-order valence-electron chi connectivity index (χ1n) is 8.09. The summed E-state index contributed by atoms with van der Waals surface area (Å²) < 4.78 is 2.07. The van der Waals surface area contributed by atoms with E-state index >= 15 is 0 Å². The average molecular weight is 337 g/mol. The van der Waals surface area contributed by atoms with Crippen molar-refractivity contribution < 1.29 is 9.72 Å². The second-order valence-electron chi connectivity index (χ2n) is 6.37. The van der Waals surface area contributed by atoms with Crippen molar-refractivity contribution in [3.8, 4) is 0 Å². The molecule has 6 nitrogen and oxygen atoms in total. The van der Waals surface area contributed by atoms with Crippen LogP contribution in [0, 0.1) is 16.0 Å². The van der Waals surface area contributed by atoms with Crippen molar-refractivity contribution in [3.63, 3.8) is 0 Å². The molecule has 25 heavy (non-hydrogen) atoms. The maximum absolute atomic E-state index is 12.7. The number of amides is 1. The molecule has 0 aliphatic heterocycles. The molecule has 2 aromatic carbocycles. The van der Waals surface area contributed by atoms with Crippen molar-refractivity contribution in [2.24, 2.45) is 5.92 Å². The number of nitrogens with one attached hydrogen (secondary N) is 1. The fourth-order valence-electron chi connectivity index (χ4n) is 2.87. The van der Waals surface area contributed by atoms with Gasteiger partial charge in [0.15, 0.2) is 0 Å². The predicted octanol–water partition coefficient (Wildman–Crippen LogP) is 4.46. The van der Waals surface area contributed by atoms with Crippen LogP contribution in [-0.4, -0.2) is 15.4 Å². The summed E-state index contributed by atoms with van der Waals surface area (Å²) in [7, 11) is 0. The molecule has 1 aromatic heterocycles. The zero-order chi connectivity index (χ0) is 18.0. The SMILES string of the molecule is CC(C)Cn1cc(C(=O)Nc2cccc([N+](=O)[O-])c2)c2ccccc21. The van der Waals surface area contributed by atoms with Crippen LogP contribution in [0.5, 0.6) is 0 Å². The van der Waals surface area contributed by atoms with E-state index in [0.29, 0.717) is 17.2 Å². The molecule has 3 rings (SSSR count). The molecule has 0 bridgehead atoms. The van der Waals surface area contributed by atoms with Crippen molar-refractivity contribution in [3.05, 3.63) is 70.4 Å². The van der Waals surface area contributed by atoms with Gasteiger partial charge in [-0.3, -0.25) is 14.9 Å². The fourth-order valence-corrected chi connectivity index (χ4v) is 2.87. The Morgan fingerprint density at radius 2 is 1.96 bits per heavy atom. The quantitative estimate of drug-likeness (QED) is 0.551. The zero-order valence-electron chi connectivity index (χ0n) is 14.1. The highest BCUT2D eigenvalue weighted by molar-refractivity contribution is 6.13. The summed E-state index contributed by atoms with van der Waals surface area (Å²) in [6, 6.07) is 13.7. The van der Waals surface area contributed by atoms with Crippen molar-refractivity contribution >= 4 is 28.2 Å². The van der Waals surface area contributed by atoms with Gasteiger partial charge in [-0.15, -0.1) is 0 Å². The number of benzene rings is 2. The van der Waals surface area contributed by atoms with Gasteiger partial charge in [-0.2, -0.15) is 0 Å². The third kappa shape index (κ3) is 3.52. The van der Waals surface area contributed by atoms with E-state index in [4.69, 9.17) is 0 Å². The molecule has 1 heterocycles. The highest BCUT2D eigenvalue weighted by Gasteiger charge is 2.16. The lowest BCUT2D eigenvalue weighted by Gasteiger charge is -2.07. The second kappa shape index (κ2) is 6.76. The first kappa shape index (κ1) is 16.7. The minimum Gasteiger partial charge on any atom is -0.346 e. The molecular weight excluding hydrogens is 318 g/mol. The number of hydrogen-bond acceptors (Lipinski definition) is 3. The largest absolute Gasteiger partial charge is 0.346 e. The molecule has 0 aliphatic rings. The summed E-state index contributed by atoms with van der Waals surface area (Å²) in [5, 5.41) is 14.5. The van der Waals surface area contributed by atoms with Gasteiger partial charge in [0.2, 0.25) is 0 Å². The highest BCUT2D eigenvalue weighted by Crippen LogP contribution is 2.24. The minimum atomic E-state index is -0.482. The molecule has 0 fully saturated rings. The van der Waals surface area contributed by atoms with Crippen molar-refractivity contribution in [1.29, 1.82) is 0 Å². The van der Waals surface area contributed by atoms with E-state index in [1.54, 1.807) is 12.1 Å². The van der Waals surface area contributed by atoms with Crippen LogP contribution in [0.4, 0.5) is 11.4 Å². The molecule has 128 valence electrons. The number of rotatable bonds is 5. The van der Waals surface area contributed by atoms with Crippen molar-refractivity contribution in [1.82, 2.24) is 4.57 Å². The van der Waals surface area contributed by atoms with E-state index < -0.39 is 4.92 Å². The van der Waals surface area contributed by atoms with Gasteiger partial charge in [-0.05, 0) is 18.1 Å². The van der Waals surface area contributed by atoms with E-state index in [9.17, 15) is 14.9 Å². The van der Waals surface area contributed by atoms with Gasteiger partial charge in [0.1, 0.15) is 0 Å². The highest BCUT2D eigenvalue weighted by atomic mass is 16.6. The van der Waals surface area contributed by atoms with Gasteiger partial charge in [-0.25, -0.2) is 0 Å². The first-order chi connectivity index (χ1) is 12.0. The zero-order valence-corrected chi connectivity index (χ0v) is 14.1.